The molecule has 0 spiro atoms. The number of fused-ring (bicyclic) bond motifs is 1. The van der Waals surface area contributed by atoms with Gasteiger partial charge in [0.15, 0.2) is 10.2 Å². The number of nitrogens with one attached hydrogen (secondary N) is 6. The highest BCUT2D eigenvalue weighted by Gasteiger charge is 2.18. The summed E-state index contributed by atoms with van der Waals surface area (Å²) in [7, 11) is 3.71. The average Bonchev–Trinajstić information content (AvgIpc) is 3.36. The number of carbonyl (C=O) groups excluding carboxylic acids is 4. The summed E-state index contributed by atoms with van der Waals surface area (Å²) in [5.74, 6) is 0.136. The highest BCUT2D eigenvalue weighted by Crippen LogP contribution is 2.21. The Morgan fingerprint density at radius 3 is 1.79 bits per heavy atom. The van der Waals surface area contributed by atoms with E-state index in [1.165, 1.54) is 25.9 Å². The number of nitrogens with zero attached hydrogens (tertiary/aromatic N) is 2. The normalized spacial score (nSPS) is 9.77. The van der Waals surface area contributed by atoms with Crippen LogP contribution in [-0.4, -0.2) is 72.0 Å². The molecular weight excluding hydrogens is 600 g/mol. The van der Waals surface area contributed by atoms with Crippen LogP contribution in [0.5, 0.6) is 0 Å². The maximum atomic E-state index is 12.3. The van der Waals surface area contributed by atoms with Crippen LogP contribution in [0.4, 0.5) is 36.5 Å². The van der Waals surface area contributed by atoms with Crippen LogP contribution in [0.15, 0.2) is 48.5 Å². The first kappa shape index (κ1) is 34.2. The molecule has 0 fully saturated rings. The van der Waals surface area contributed by atoms with Crippen molar-refractivity contribution in [2.75, 3.05) is 43.8 Å². The number of carbonyl (C=O) groups is 4. The maximum Gasteiger partial charge on any atom is 0.413 e. The number of imidazole rings is 1. The number of aromatic nitrogens is 2. The highest BCUT2D eigenvalue weighted by molar-refractivity contribution is 7.80. The van der Waals surface area contributed by atoms with Crippen molar-refractivity contribution in [3.63, 3.8) is 0 Å². The van der Waals surface area contributed by atoms with E-state index in [0.29, 0.717) is 29.0 Å². The largest absolute Gasteiger partial charge is 0.453 e. The van der Waals surface area contributed by atoms with Gasteiger partial charge in [-0.2, -0.15) is 0 Å². The third kappa shape index (κ3) is 11.0. The molecule has 0 atom stereocenters. The zero-order chi connectivity index (χ0) is 31.8. The molecule has 0 aliphatic rings. The van der Waals surface area contributed by atoms with Gasteiger partial charge in [0.05, 0.1) is 43.7 Å². The lowest BCUT2D eigenvalue weighted by atomic mass is 10.2. The first-order valence-electron chi connectivity index (χ1n) is 12.6. The molecule has 2 aromatic carbocycles. The van der Waals surface area contributed by atoms with Gasteiger partial charge >= 0.3 is 24.3 Å². The first-order valence-corrected chi connectivity index (χ1v) is 13.5. The second-order valence-electron chi connectivity index (χ2n) is 8.15. The van der Waals surface area contributed by atoms with Crippen molar-refractivity contribution >= 4 is 87.3 Å². The van der Waals surface area contributed by atoms with Crippen molar-refractivity contribution in [3.05, 3.63) is 48.5 Å². The van der Waals surface area contributed by atoms with Gasteiger partial charge in [0.2, 0.25) is 5.95 Å². The lowest BCUT2D eigenvalue weighted by Crippen LogP contribution is -2.35. The average molecular weight is 633 g/mol. The van der Waals surface area contributed by atoms with Crippen molar-refractivity contribution in [2.24, 2.45) is 0 Å². The van der Waals surface area contributed by atoms with E-state index in [2.05, 4.69) is 51.1 Å². The minimum absolute atomic E-state index is 0.0490. The standard InChI is InChI=1S/C14H18N4O3.C12H14N4O4S2/c1-3-4-9-15-13(19)18-11-8-6-5-7-10(11)16-12(18)17-14(20)21-2;1-19-11(17)15-9(21)13-7-5-3-4-6-8(7)14-10(22)16-12(18)20-2/h5-8H,3-4,9H2,1-2H3,(H,15,19)(H,16,17,20);3-6H,1-2H3,(H2,13,15,17,21)(H2,14,16,18,22). The van der Waals surface area contributed by atoms with Crippen LogP contribution in [0.2, 0.25) is 0 Å². The van der Waals surface area contributed by atoms with Crippen LogP contribution in [-0.2, 0) is 14.2 Å². The van der Waals surface area contributed by atoms with E-state index in [4.69, 9.17) is 24.4 Å². The lowest BCUT2D eigenvalue weighted by Gasteiger charge is -2.15. The fraction of sp³-hybridized carbons (Fsp3) is 0.269. The fourth-order valence-corrected chi connectivity index (χ4v) is 3.59. The van der Waals surface area contributed by atoms with Crippen molar-refractivity contribution < 1.29 is 33.4 Å². The Morgan fingerprint density at radius 1 is 0.767 bits per heavy atom. The van der Waals surface area contributed by atoms with Crippen LogP contribution >= 0.6 is 24.4 Å². The molecule has 230 valence electrons. The molecule has 6 N–H and O–H groups in total. The summed E-state index contributed by atoms with van der Waals surface area (Å²) >= 11 is 9.93. The van der Waals surface area contributed by atoms with Crippen LogP contribution in [0, 0.1) is 0 Å². The molecule has 0 unspecified atom stereocenters. The van der Waals surface area contributed by atoms with E-state index in [1.54, 1.807) is 36.4 Å². The summed E-state index contributed by atoms with van der Waals surface area (Å²) in [6.45, 7) is 2.61. The first-order chi connectivity index (χ1) is 20.6. The Hall–Kier alpha value is -5.03. The van der Waals surface area contributed by atoms with Gasteiger partial charge in [0.1, 0.15) is 0 Å². The topological polar surface area (TPSA) is 186 Å². The molecule has 43 heavy (non-hydrogen) atoms. The van der Waals surface area contributed by atoms with Gasteiger partial charge < -0.3 is 30.2 Å². The van der Waals surface area contributed by atoms with Crippen molar-refractivity contribution in [1.29, 1.82) is 0 Å². The Balaban J connectivity index is 0.000000300. The van der Waals surface area contributed by atoms with Crippen LogP contribution in [0.1, 0.15) is 19.8 Å². The molecular formula is C26H32N8O7S2. The summed E-state index contributed by atoms with van der Waals surface area (Å²) in [4.78, 5) is 50.1. The van der Waals surface area contributed by atoms with E-state index in [-0.39, 0.29) is 22.2 Å². The van der Waals surface area contributed by atoms with Gasteiger partial charge in [-0.3, -0.25) is 16.0 Å². The molecule has 0 aliphatic heterocycles. The van der Waals surface area contributed by atoms with Crippen molar-refractivity contribution in [1.82, 2.24) is 25.5 Å². The van der Waals surface area contributed by atoms with E-state index in [9.17, 15) is 19.2 Å². The molecule has 1 aromatic heterocycles. The number of anilines is 3. The molecule has 3 aromatic rings. The van der Waals surface area contributed by atoms with Gasteiger partial charge in [-0.25, -0.2) is 28.7 Å². The number of rotatable bonds is 6. The number of amides is 4. The Kier molecular flexibility index (Phi) is 14.1. The predicted molar refractivity (Wildman–Crippen MR) is 169 cm³/mol. The van der Waals surface area contributed by atoms with Gasteiger partial charge in [0, 0.05) is 6.54 Å². The SMILES string of the molecule is CCCCNC(=O)n1c(NC(=O)OC)nc2ccccc21.COC(=O)NC(=S)Nc1ccccc1NC(=S)NC(=O)OC. The molecule has 0 radical (unpaired) electrons. The second kappa shape index (κ2) is 17.7. The molecule has 0 aliphatic carbocycles. The fourth-order valence-electron chi connectivity index (χ4n) is 3.20. The van der Waals surface area contributed by atoms with Crippen LogP contribution in [0.25, 0.3) is 11.0 Å². The molecule has 4 amide bonds. The number of thiocarbonyl (C=S) groups is 2. The number of ether oxygens (including phenoxy) is 3. The summed E-state index contributed by atoms with van der Waals surface area (Å²) in [6, 6.07) is 13.7. The molecule has 1 heterocycles. The van der Waals surface area contributed by atoms with Crippen LogP contribution < -0.4 is 31.9 Å². The molecule has 0 saturated carbocycles. The van der Waals surface area contributed by atoms with Gasteiger partial charge in [-0.1, -0.05) is 37.6 Å². The summed E-state index contributed by atoms with van der Waals surface area (Å²) < 4.78 is 14.8. The quantitative estimate of drug-likeness (QED) is 0.128. The zero-order valence-corrected chi connectivity index (χ0v) is 25.4. The third-order valence-corrected chi connectivity index (χ3v) is 5.60. The van der Waals surface area contributed by atoms with E-state index in [1.807, 2.05) is 19.1 Å². The number of benzene rings is 2. The van der Waals surface area contributed by atoms with Gasteiger partial charge in [-0.05, 0) is 55.1 Å². The minimum Gasteiger partial charge on any atom is -0.453 e. The van der Waals surface area contributed by atoms with E-state index >= 15 is 0 Å². The Bertz CT molecular complexity index is 1410. The molecule has 17 heteroatoms. The number of unbranched alkanes of at least 4 members (excludes halogenated alkanes) is 1. The maximum absolute atomic E-state index is 12.3. The number of hydrogen-bond donors (Lipinski definition) is 6. The smallest absolute Gasteiger partial charge is 0.413 e. The second-order valence-corrected chi connectivity index (χ2v) is 8.97. The van der Waals surface area contributed by atoms with Gasteiger partial charge in [-0.15, -0.1) is 0 Å². The molecule has 0 saturated heterocycles. The summed E-state index contributed by atoms with van der Waals surface area (Å²) in [5.41, 5.74) is 2.32. The Morgan fingerprint density at radius 2 is 1.28 bits per heavy atom. The highest BCUT2D eigenvalue weighted by atomic mass is 32.1. The molecule has 3 rings (SSSR count). The molecule has 15 nitrogen and oxygen atoms in total. The summed E-state index contributed by atoms with van der Waals surface area (Å²) in [5, 5.41) is 15.6. The van der Waals surface area contributed by atoms with Crippen molar-refractivity contribution in [2.45, 2.75) is 19.8 Å². The zero-order valence-electron chi connectivity index (χ0n) is 23.8. The third-order valence-electron chi connectivity index (χ3n) is 5.20. The lowest BCUT2D eigenvalue weighted by molar-refractivity contribution is 0.176. The Labute approximate surface area is 258 Å². The van der Waals surface area contributed by atoms with Gasteiger partial charge in [0.25, 0.3) is 0 Å². The molecule has 0 bridgehead atoms. The minimum atomic E-state index is -0.689. The van der Waals surface area contributed by atoms with E-state index in [0.717, 1.165) is 12.8 Å². The summed E-state index contributed by atoms with van der Waals surface area (Å²) in [6.07, 6.45) is -0.180. The number of hydrogen-bond acceptors (Lipinski definition) is 10. The monoisotopic (exact) mass is 632 g/mol. The van der Waals surface area contributed by atoms with Crippen molar-refractivity contribution in [3.8, 4) is 0 Å². The number of para-hydroxylation sites is 4. The number of methoxy groups -OCH3 is 3. The number of alkyl carbamates (subject to hydrolysis) is 2. The van der Waals surface area contributed by atoms with E-state index < -0.39 is 18.3 Å². The predicted octanol–water partition coefficient (Wildman–Crippen LogP) is 4.36. The van der Waals surface area contributed by atoms with Crippen LogP contribution in [0.3, 0.4) is 0 Å².